The van der Waals surface area contributed by atoms with Gasteiger partial charge in [-0.3, -0.25) is 0 Å². The molecule has 27 heavy (non-hydrogen) atoms. The molecule has 1 aliphatic rings. The number of rotatable bonds is 11. The van der Waals surface area contributed by atoms with E-state index < -0.39 is 0 Å². The van der Waals surface area contributed by atoms with Crippen LogP contribution in [0.4, 0.5) is 0 Å². The molecule has 0 unspecified atom stereocenters. The summed E-state index contributed by atoms with van der Waals surface area (Å²) in [6, 6.07) is 10.2. The Balaban J connectivity index is 2.08. The molecule has 1 fully saturated rings. The zero-order chi connectivity index (χ0) is 19.6. The molecule has 0 amide bonds. The molecule has 154 valence electrons. The Labute approximate surface area is 168 Å². The van der Waals surface area contributed by atoms with Crippen molar-refractivity contribution in [2.45, 2.75) is 57.2 Å². The van der Waals surface area contributed by atoms with Crippen LogP contribution in [0.2, 0.25) is 0 Å². The van der Waals surface area contributed by atoms with Gasteiger partial charge in [0, 0.05) is 20.8 Å². The number of hydrogen-bond donors (Lipinski definition) is 0. The summed E-state index contributed by atoms with van der Waals surface area (Å²) in [5.74, 6) is 1.42. The summed E-state index contributed by atoms with van der Waals surface area (Å²) >= 11 is 1.73. The maximum Gasteiger partial charge on any atom is 0.132 e. The number of ether oxygens (including phenoxy) is 5. The summed E-state index contributed by atoms with van der Waals surface area (Å²) in [4.78, 5) is 0. The highest BCUT2D eigenvalue weighted by Crippen LogP contribution is 2.33. The van der Waals surface area contributed by atoms with Crippen LogP contribution in [0.15, 0.2) is 30.3 Å². The Hall–Kier alpha value is -0.630. The Morgan fingerprint density at radius 2 is 1.74 bits per heavy atom. The topological polar surface area (TPSA) is 46.2 Å². The lowest BCUT2D eigenvalue weighted by Gasteiger charge is -2.45. The number of hydrogen-bond acceptors (Lipinski definition) is 6. The molecule has 0 spiro atoms. The molecule has 1 heterocycles. The van der Waals surface area contributed by atoms with Crippen LogP contribution in [0, 0.1) is 5.92 Å². The van der Waals surface area contributed by atoms with E-state index >= 15 is 0 Å². The van der Waals surface area contributed by atoms with Gasteiger partial charge >= 0.3 is 0 Å². The molecule has 5 nitrogen and oxygen atoms in total. The second kappa shape index (κ2) is 12.0. The van der Waals surface area contributed by atoms with Gasteiger partial charge in [0.2, 0.25) is 0 Å². The van der Waals surface area contributed by atoms with E-state index in [-0.39, 0.29) is 29.9 Å². The van der Waals surface area contributed by atoms with Gasteiger partial charge in [-0.05, 0) is 17.2 Å². The highest BCUT2D eigenvalue weighted by Gasteiger charge is 2.47. The highest BCUT2D eigenvalue weighted by atomic mass is 32.2. The average Bonchev–Trinajstić information content (AvgIpc) is 2.67. The smallest absolute Gasteiger partial charge is 0.132 e. The molecule has 0 radical (unpaired) electrons. The first-order valence-corrected chi connectivity index (χ1v) is 10.7. The molecule has 1 saturated heterocycles. The lowest BCUT2D eigenvalue weighted by Crippen LogP contribution is -2.60. The molecular formula is C21H34O5S. The Kier molecular flexibility index (Phi) is 10.1. The quantitative estimate of drug-likeness (QED) is 0.566. The van der Waals surface area contributed by atoms with Crippen molar-refractivity contribution in [2.24, 2.45) is 5.92 Å². The Bertz CT molecular complexity index is 513. The summed E-state index contributed by atoms with van der Waals surface area (Å²) in [5.41, 5.74) is 1.01. The molecule has 1 aliphatic heterocycles. The molecule has 0 aliphatic carbocycles. The van der Waals surface area contributed by atoms with Gasteiger partial charge in [-0.25, -0.2) is 0 Å². The van der Waals surface area contributed by atoms with Crippen LogP contribution in [0.5, 0.6) is 0 Å². The largest absolute Gasteiger partial charge is 0.378 e. The molecule has 0 N–H and O–H groups in total. The van der Waals surface area contributed by atoms with Crippen molar-refractivity contribution in [3.8, 4) is 0 Å². The molecule has 2 rings (SSSR count). The van der Waals surface area contributed by atoms with Crippen molar-refractivity contribution in [3.05, 3.63) is 35.9 Å². The van der Waals surface area contributed by atoms with Gasteiger partial charge in [0.1, 0.15) is 29.9 Å². The van der Waals surface area contributed by atoms with Gasteiger partial charge in [0.15, 0.2) is 0 Å². The van der Waals surface area contributed by atoms with Gasteiger partial charge in [0.25, 0.3) is 0 Å². The van der Waals surface area contributed by atoms with Gasteiger partial charge < -0.3 is 23.7 Å². The second-order valence-electron chi connectivity index (χ2n) is 7.09. The standard InChI is InChI=1S/C21H34O5S/c1-6-27-21-20(25-13-16-10-8-7-9-11-16)19(23-5)18(22-4)17(26-21)14-24-12-15(2)3/h7-11,15,17-21H,6,12-14H2,1-5H3/t17-,18-,19+,20+,21-/m1/s1. The van der Waals surface area contributed by atoms with E-state index in [9.17, 15) is 0 Å². The Morgan fingerprint density at radius 3 is 2.33 bits per heavy atom. The van der Waals surface area contributed by atoms with E-state index in [1.807, 2.05) is 18.2 Å². The van der Waals surface area contributed by atoms with E-state index in [1.165, 1.54) is 0 Å². The van der Waals surface area contributed by atoms with Crippen LogP contribution in [0.3, 0.4) is 0 Å². The first-order valence-electron chi connectivity index (χ1n) is 9.66. The minimum Gasteiger partial charge on any atom is -0.378 e. The number of benzene rings is 1. The van der Waals surface area contributed by atoms with E-state index in [0.717, 1.165) is 11.3 Å². The maximum absolute atomic E-state index is 6.35. The van der Waals surface area contributed by atoms with Crippen molar-refractivity contribution < 1.29 is 23.7 Å². The van der Waals surface area contributed by atoms with Crippen LogP contribution in [-0.2, 0) is 30.3 Å². The molecule has 1 aromatic rings. The first-order chi connectivity index (χ1) is 13.1. The molecule has 5 atom stereocenters. The number of methoxy groups -OCH3 is 2. The summed E-state index contributed by atoms with van der Waals surface area (Å²) < 4.78 is 30.0. The monoisotopic (exact) mass is 398 g/mol. The van der Waals surface area contributed by atoms with Crippen molar-refractivity contribution >= 4 is 11.8 Å². The lowest BCUT2D eigenvalue weighted by molar-refractivity contribution is -0.238. The lowest BCUT2D eigenvalue weighted by atomic mass is 9.99. The van der Waals surface area contributed by atoms with Crippen LogP contribution < -0.4 is 0 Å². The maximum atomic E-state index is 6.35. The van der Waals surface area contributed by atoms with E-state index in [0.29, 0.717) is 25.7 Å². The summed E-state index contributed by atoms with van der Waals surface area (Å²) in [5, 5.41) is 0. The third-order valence-corrected chi connectivity index (χ3v) is 5.53. The third-order valence-electron chi connectivity index (χ3n) is 4.49. The second-order valence-corrected chi connectivity index (χ2v) is 8.47. The fraction of sp³-hybridized carbons (Fsp3) is 0.714. The summed E-state index contributed by atoms with van der Waals surface area (Å²) in [6.45, 7) is 8.10. The van der Waals surface area contributed by atoms with Gasteiger partial charge in [-0.2, -0.15) is 0 Å². The average molecular weight is 399 g/mol. The summed E-state index contributed by atoms with van der Waals surface area (Å²) in [7, 11) is 3.40. The Morgan fingerprint density at radius 1 is 1.04 bits per heavy atom. The molecular weight excluding hydrogens is 364 g/mol. The van der Waals surface area contributed by atoms with E-state index in [2.05, 4.69) is 32.9 Å². The number of thioether (sulfide) groups is 1. The molecule has 6 heteroatoms. The van der Waals surface area contributed by atoms with Gasteiger partial charge in [0.05, 0.1) is 13.2 Å². The molecule has 0 aromatic heterocycles. The zero-order valence-electron chi connectivity index (χ0n) is 17.1. The normalized spacial score (nSPS) is 28.6. The summed E-state index contributed by atoms with van der Waals surface area (Å²) in [6.07, 6.45) is -0.855. The van der Waals surface area contributed by atoms with Crippen molar-refractivity contribution in [2.75, 3.05) is 33.2 Å². The third kappa shape index (κ3) is 6.73. The predicted molar refractivity (Wildman–Crippen MR) is 109 cm³/mol. The first kappa shape index (κ1) is 22.7. The van der Waals surface area contributed by atoms with E-state index in [4.69, 9.17) is 23.7 Å². The van der Waals surface area contributed by atoms with Crippen molar-refractivity contribution in [1.29, 1.82) is 0 Å². The molecule has 0 saturated carbocycles. The van der Waals surface area contributed by atoms with Crippen molar-refractivity contribution in [3.63, 3.8) is 0 Å². The predicted octanol–water partition coefficient (Wildman–Crippen LogP) is 3.75. The molecule has 1 aromatic carbocycles. The van der Waals surface area contributed by atoms with Crippen LogP contribution >= 0.6 is 11.8 Å². The van der Waals surface area contributed by atoms with Crippen LogP contribution in [-0.4, -0.2) is 63.0 Å². The van der Waals surface area contributed by atoms with Crippen molar-refractivity contribution in [1.82, 2.24) is 0 Å². The van der Waals surface area contributed by atoms with Crippen LogP contribution in [0.25, 0.3) is 0 Å². The fourth-order valence-corrected chi connectivity index (χ4v) is 4.20. The minimum absolute atomic E-state index is 0.122. The van der Waals surface area contributed by atoms with E-state index in [1.54, 1.807) is 26.0 Å². The zero-order valence-corrected chi connectivity index (χ0v) is 17.9. The fourth-order valence-electron chi connectivity index (χ4n) is 3.23. The van der Waals surface area contributed by atoms with Crippen LogP contribution in [0.1, 0.15) is 26.3 Å². The van der Waals surface area contributed by atoms with Gasteiger partial charge in [-0.1, -0.05) is 51.1 Å². The minimum atomic E-state index is -0.239. The highest BCUT2D eigenvalue weighted by molar-refractivity contribution is 7.99. The SMILES string of the molecule is CCS[C@H]1O[C@H](COCC(C)C)[C@@H](OC)[C@H](OC)[C@@H]1OCc1ccccc1. The molecule has 0 bridgehead atoms. The van der Waals surface area contributed by atoms with Gasteiger partial charge in [-0.15, -0.1) is 11.8 Å².